The van der Waals surface area contributed by atoms with Crippen LogP contribution in [0.4, 0.5) is 0 Å². The molecule has 14 unspecified atom stereocenters. The lowest BCUT2D eigenvalue weighted by atomic mass is 9.80. The lowest BCUT2D eigenvalue weighted by Gasteiger charge is -2.53. The number of allylic oxidation sites excluding steroid dienone is 1. The lowest BCUT2D eigenvalue weighted by molar-refractivity contribution is -0.387. The van der Waals surface area contributed by atoms with Gasteiger partial charge in [0.05, 0.1) is 44.5 Å². The van der Waals surface area contributed by atoms with E-state index in [0.717, 1.165) is 74.3 Å². The number of rotatable bonds is 32. The number of esters is 8. The molecule has 0 bridgehead atoms. The molecule has 0 N–H and O–H groups in total. The number of nitrogens with zero attached hydrogens (tertiary/aromatic N) is 2. The van der Waals surface area contributed by atoms with Gasteiger partial charge in [-0.2, -0.15) is 0 Å². The van der Waals surface area contributed by atoms with Crippen molar-refractivity contribution in [1.82, 2.24) is 9.80 Å². The molecular weight excluding hydrogens is 1420 g/mol. The van der Waals surface area contributed by atoms with Gasteiger partial charge in [0, 0.05) is 62.3 Å². The molecule has 4 aliphatic heterocycles. The van der Waals surface area contributed by atoms with E-state index in [9.17, 15) is 43.2 Å². The van der Waals surface area contributed by atoms with Crippen LogP contribution in [0.2, 0.25) is 0 Å². The smallest absolute Gasteiger partial charge is 0.366 e. The van der Waals surface area contributed by atoms with Crippen LogP contribution in [0.3, 0.4) is 0 Å². The van der Waals surface area contributed by atoms with Crippen LogP contribution in [0.1, 0.15) is 125 Å². The number of unbranched alkanes of at least 4 members (excludes halogenated alkanes) is 1. The van der Waals surface area contributed by atoms with Crippen molar-refractivity contribution in [3.63, 3.8) is 0 Å². The predicted molar refractivity (Wildman–Crippen MR) is 376 cm³/mol. The largest absolute Gasteiger partial charge is 0.465 e. The number of hydrogen-bond acceptors (Lipinski definition) is 28. The molecule has 16 atom stereocenters. The fourth-order valence-corrected chi connectivity index (χ4v) is 14.0. The van der Waals surface area contributed by atoms with E-state index < -0.39 is 201 Å². The van der Waals surface area contributed by atoms with Gasteiger partial charge < -0.3 is 75.8 Å². The van der Waals surface area contributed by atoms with Gasteiger partial charge in [-0.05, 0) is 47.2 Å². The summed E-state index contributed by atoms with van der Waals surface area (Å²) in [5.74, 6) is -16.3. The normalized spacial score (nSPS) is 25.0. The van der Waals surface area contributed by atoms with Crippen LogP contribution >= 0.6 is 0 Å². The van der Waals surface area contributed by atoms with Crippen molar-refractivity contribution >= 4 is 71.4 Å². The van der Waals surface area contributed by atoms with Crippen molar-refractivity contribution in [3.05, 3.63) is 192 Å². The first-order chi connectivity index (χ1) is 52.1. The fourth-order valence-electron chi connectivity index (χ4n) is 14.0. The molecule has 9 rings (SSSR count). The highest BCUT2D eigenvalue weighted by molar-refractivity contribution is 6.21. The minimum Gasteiger partial charge on any atom is -0.465 e. The van der Waals surface area contributed by atoms with Gasteiger partial charge >= 0.3 is 47.8 Å². The second kappa shape index (κ2) is 37.6. The highest BCUT2D eigenvalue weighted by atomic mass is 16.8. The molecule has 4 heterocycles. The third kappa shape index (κ3) is 19.7. The average Bonchev–Trinajstić information content (AvgIpc) is 1.69. The number of carbonyl (C=O) groups excluding carboxylic acids is 12. The molecule has 4 amide bonds. The molecule has 0 aliphatic carbocycles. The summed E-state index contributed by atoms with van der Waals surface area (Å²) >= 11 is 0. The van der Waals surface area contributed by atoms with Gasteiger partial charge in [-0.25, -0.2) is 4.79 Å². The van der Waals surface area contributed by atoms with Crippen molar-refractivity contribution in [2.24, 2.45) is 0 Å². The maximum Gasteiger partial charge on any atom is 0.366 e. The first-order valence-corrected chi connectivity index (χ1v) is 35.1. The third-order valence-electron chi connectivity index (χ3n) is 18.2. The fraction of sp³-hybridized carbons (Fsp3) is 0.443. The van der Waals surface area contributed by atoms with Gasteiger partial charge in [0.1, 0.15) is 73.6 Å². The quantitative estimate of drug-likeness (QED) is 0.0108. The van der Waals surface area contributed by atoms with Crippen molar-refractivity contribution < 1.29 is 133 Å². The zero-order valence-corrected chi connectivity index (χ0v) is 61.8. The summed E-state index contributed by atoms with van der Waals surface area (Å²) in [6.45, 7) is 9.59. The van der Waals surface area contributed by atoms with Crippen LogP contribution in [0.5, 0.6) is 0 Å². The Morgan fingerprint density at radius 2 is 1.07 bits per heavy atom. The summed E-state index contributed by atoms with van der Waals surface area (Å²) in [6, 6.07) is 38.8. The number of carbonyl (C=O) groups is 12. The monoisotopic (exact) mass is 1510 g/mol. The Kier molecular flexibility index (Phi) is 28.5. The van der Waals surface area contributed by atoms with Crippen molar-refractivity contribution in [2.45, 2.75) is 191 Å². The van der Waals surface area contributed by atoms with Crippen LogP contribution in [0.25, 0.3) is 0 Å². The molecule has 0 spiro atoms. The van der Waals surface area contributed by atoms with Crippen LogP contribution in [-0.4, -0.2) is 212 Å². The molecule has 0 aromatic heterocycles. The molecule has 582 valence electrons. The highest BCUT2D eigenvalue weighted by Gasteiger charge is 2.66. The zero-order valence-electron chi connectivity index (χ0n) is 61.8. The van der Waals surface area contributed by atoms with E-state index in [4.69, 9.17) is 75.8 Å². The molecule has 0 radical (unpaired) electrons. The number of imide groups is 2. The summed E-state index contributed by atoms with van der Waals surface area (Å²) < 4.78 is 103. The van der Waals surface area contributed by atoms with Gasteiger partial charge in [-0.1, -0.05) is 140 Å². The van der Waals surface area contributed by atoms with E-state index in [1.54, 1.807) is 48.5 Å². The molecule has 109 heavy (non-hydrogen) atoms. The maximum atomic E-state index is 15.5. The van der Waals surface area contributed by atoms with Crippen LogP contribution < -0.4 is 0 Å². The van der Waals surface area contributed by atoms with Crippen LogP contribution in [-0.2, 0) is 136 Å². The molecule has 5 aromatic rings. The van der Waals surface area contributed by atoms with Gasteiger partial charge in [0.15, 0.2) is 37.0 Å². The van der Waals surface area contributed by atoms with E-state index in [2.05, 4.69) is 6.58 Å². The number of amides is 4. The number of methoxy groups -OCH3 is 1. The molecule has 5 aromatic carbocycles. The summed E-state index contributed by atoms with van der Waals surface area (Å²) in [5, 5.41) is 0. The van der Waals surface area contributed by atoms with Crippen LogP contribution in [0, 0.1) is 0 Å². The molecule has 3 saturated heterocycles. The SMILES string of the molecule is C=CCCCOC1OC(COC(c2ccccc2)(c2ccccc2)c2ccccc2)C(OC2OC(COC(C)=O)C(OC(C)=O)C(OC3(C(=O)OC)CC(OC(C)=O)C(N(C(C)=O)C(C)=O)C([C@H](OC(C)=O)[C@@H](COC(C)=O)OC(C)=O)O3)C2OC(C)=O)C(OCc2ccccc2)C1N1C(=O)c2ccccc2C1=O. The Labute approximate surface area is 628 Å². The van der Waals surface area contributed by atoms with Gasteiger partial charge in [0.2, 0.25) is 11.8 Å². The number of benzene rings is 5. The van der Waals surface area contributed by atoms with Crippen LogP contribution in [0.15, 0.2) is 158 Å². The van der Waals surface area contributed by atoms with Gasteiger partial charge in [0.25, 0.3) is 17.6 Å². The molecule has 4 aliphatic rings. The van der Waals surface area contributed by atoms with Crippen molar-refractivity contribution in [1.29, 1.82) is 0 Å². The van der Waals surface area contributed by atoms with E-state index in [1.165, 1.54) is 12.1 Å². The minimum atomic E-state index is -3.31. The topological polar surface area (TPSA) is 359 Å². The number of hydrogen-bond donors (Lipinski definition) is 0. The second-order valence-corrected chi connectivity index (χ2v) is 26.0. The second-order valence-electron chi connectivity index (χ2n) is 26.0. The predicted octanol–water partition coefficient (Wildman–Crippen LogP) is 6.65. The minimum absolute atomic E-state index is 0.00564. The number of fused-ring (bicyclic) bond motifs is 1. The zero-order chi connectivity index (χ0) is 78.9. The Balaban J connectivity index is 1.32. The lowest BCUT2D eigenvalue weighted by Crippen LogP contribution is -2.73. The van der Waals surface area contributed by atoms with E-state index in [0.29, 0.717) is 40.0 Å². The molecule has 0 saturated carbocycles. The van der Waals surface area contributed by atoms with E-state index in [-0.39, 0.29) is 24.3 Å². The van der Waals surface area contributed by atoms with Crippen molar-refractivity contribution in [2.75, 3.05) is 33.5 Å². The Morgan fingerprint density at radius 3 is 1.57 bits per heavy atom. The molecule has 3 fully saturated rings. The van der Waals surface area contributed by atoms with Crippen molar-refractivity contribution in [3.8, 4) is 0 Å². The summed E-state index contributed by atoms with van der Waals surface area (Å²) in [6.07, 6.45) is -25.0. The Hall–Kier alpha value is -10.4. The summed E-state index contributed by atoms with van der Waals surface area (Å²) in [7, 11) is 0.846. The average molecular weight is 1510 g/mol. The summed E-state index contributed by atoms with van der Waals surface area (Å²) in [5.41, 5.74) is 0.859. The third-order valence-corrected chi connectivity index (χ3v) is 18.2. The van der Waals surface area contributed by atoms with E-state index in [1.807, 2.05) is 91.0 Å². The standard InChI is InChI=1S/C79H88N2O28/c1-12-13-28-39-95-75-65(81-73(91)58-37-26-27-38-59(58)74(81)92)69(98-41-54-29-18-14-19-30-54)66(63(105-75)44-99-79(55-31-20-15-21-32-55,56-33-22-16-23-34-56)57-35-24-17-25-36-57)107-76-72(104-53(10)90)71(68(103-52(9)89)62(106-76)43-97-48(5)85)109-78(77(93)94-11)40-60(100-49(6)86)64(80(45(2)82)46(3)83)70(108-78)67(102-51(8)88)61(101-50(7)87)42-96-47(4)84/h12,14-27,29-38,60-72,75-76H,1,13,28,39-44H2,2-11H3/t60?,61-,62?,63?,64?,65?,66?,67-,68?,69?,70?,71?,72?,75?,76?,78?/m1/s1. The maximum absolute atomic E-state index is 15.5. The first kappa shape index (κ1) is 82.6. The first-order valence-electron chi connectivity index (χ1n) is 35.1. The van der Waals surface area contributed by atoms with Gasteiger partial charge in [-0.3, -0.25) is 62.5 Å². The number of ether oxygens (including phenoxy) is 16. The molecular formula is C79H88N2O28. The highest BCUT2D eigenvalue weighted by Crippen LogP contribution is 2.46. The Morgan fingerprint density at radius 1 is 0.569 bits per heavy atom. The molecule has 30 nitrogen and oxygen atoms in total. The van der Waals surface area contributed by atoms with Gasteiger partial charge in [-0.15, -0.1) is 6.58 Å². The Bertz CT molecular complexity index is 3920. The molecule has 30 heteroatoms. The summed E-state index contributed by atoms with van der Waals surface area (Å²) in [4.78, 5) is 170. The van der Waals surface area contributed by atoms with E-state index >= 15 is 14.4 Å².